The highest BCUT2D eigenvalue weighted by atomic mass is 16.6. The van der Waals surface area contributed by atoms with Crippen LogP contribution in [0, 0.1) is 20.2 Å². The molecule has 0 radical (unpaired) electrons. The molecule has 0 heterocycles. The van der Waals surface area contributed by atoms with Crippen molar-refractivity contribution in [1.29, 1.82) is 0 Å². The molecule has 0 saturated heterocycles. The van der Waals surface area contributed by atoms with Crippen LogP contribution in [0.2, 0.25) is 0 Å². The molecule has 0 bridgehead atoms. The van der Waals surface area contributed by atoms with Crippen molar-refractivity contribution in [3.05, 3.63) is 37.9 Å². The second kappa shape index (κ2) is 6.41. The number of esters is 1. The molecule has 0 atom stereocenters. The second-order valence-electron chi connectivity index (χ2n) is 3.76. The Kier molecular flexibility index (Phi) is 4.89. The van der Waals surface area contributed by atoms with E-state index in [1.165, 1.54) is 0 Å². The average Bonchev–Trinajstić information content (AvgIpc) is 2.44. The van der Waals surface area contributed by atoms with Crippen molar-refractivity contribution in [2.24, 2.45) is 0 Å². The van der Waals surface area contributed by atoms with Gasteiger partial charge in [-0.2, -0.15) is 0 Å². The average molecular weight is 298 g/mol. The zero-order chi connectivity index (χ0) is 16.2. The number of methoxy groups -OCH3 is 2. The van der Waals surface area contributed by atoms with Gasteiger partial charge in [0, 0.05) is 12.0 Å². The number of Topliss-reactive ketones (excluding diaryl/α,β-unsaturated/α-hetero) is 1. The maximum Gasteiger partial charge on any atom is 0.374 e. The molecule has 1 aromatic carbocycles. The minimum atomic E-state index is -1.17. The van der Waals surface area contributed by atoms with Gasteiger partial charge in [-0.05, 0) is 6.07 Å². The first-order chi connectivity index (χ1) is 9.81. The van der Waals surface area contributed by atoms with Gasteiger partial charge in [0.25, 0.3) is 5.69 Å². The molecule has 0 unspecified atom stereocenters. The van der Waals surface area contributed by atoms with Crippen molar-refractivity contribution in [3.8, 4) is 5.75 Å². The maximum absolute atomic E-state index is 11.5. The lowest BCUT2D eigenvalue weighted by atomic mass is 10.1. The van der Waals surface area contributed by atoms with Crippen LogP contribution in [0.15, 0.2) is 12.1 Å². The molecule has 0 amide bonds. The van der Waals surface area contributed by atoms with Crippen LogP contribution < -0.4 is 4.74 Å². The number of nitro groups is 2. The topological polar surface area (TPSA) is 139 Å². The van der Waals surface area contributed by atoms with Crippen molar-refractivity contribution >= 4 is 23.1 Å². The van der Waals surface area contributed by atoms with Gasteiger partial charge < -0.3 is 9.47 Å². The van der Waals surface area contributed by atoms with E-state index in [1.807, 2.05) is 0 Å². The van der Waals surface area contributed by atoms with Crippen LogP contribution in [0.1, 0.15) is 5.56 Å². The van der Waals surface area contributed by atoms with Gasteiger partial charge >= 0.3 is 11.7 Å². The molecule has 0 saturated carbocycles. The Morgan fingerprint density at radius 2 is 1.67 bits per heavy atom. The summed E-state index contributed by atoms with van der Waals surface area (Å²) in [6.45, 7) is 0. The number of rotatable bonds is 6. The molecule has 10 nitrogen and oxygen atoms in total. The smallest absolute Gasteiger partial charge is 0.374 e. The van der Waals surface area contributed by atoms with E-state index in [0.717, 1.165) is 20.3 Å². The zero-order valence-electron chi connectivity index (χ0n) is 11.0. The summed E-state index contributed by atoms with van der Waals surface area (Å²) in [5.41, 5.74) is -1.45. The van der Waals surface area contributed by atoms with Gasteiger partial charge in [-0.3, -0.25) is 25.0 Å². The van der Waals surface area contributed by atoms with Gasteiger partial charge in [-0.15, -0.1) is 0 Å². The summed E-state index contributed by atoms with van der Waals surface area (Å²) in [7, 11) is 2.13. The standard InChI is InChI=1S/C11H10N2O8/c1-20-10-4-6(3-9(14)11(15)21-2)7(12(16)17)5-8(10)13(18)19/h4-5H,3H2,1-2H3. The fourth-order valence-electron chi connectivity index (χ4n) is 1.58. The Labute approximate surface area is 117 Å². The Bertz CT molecular complexity index is 625. The Hall–Kier alpha value is -3.04. The second-order valence-corrected chi connectivity index (χ2v) is 3.76. The largest absolute Gasteiger partial charge is 0.490 e. The van der Waals surface area contributed by atoms with Gasteiger partial charge in [-0.1, -0.05) is 0 Å². The molecule has 0 N–H and O–H groups in total. The number of carbonyl (C=O) groups is 2. The monoisotopic (exact) mass is 298 g/mol. The third-order valence-corrected chi connectivity index (χ3v) is 2.54. The lowest BCUT2D eigenvalue weighted by molar-refractivity contribution is -0.395. The van der Waals surface area contributed by atoms with E-state index in [9.17, 15) is 29.8 Å². The quantitative estimate of drug-likeness (QED) is 0.325. The summed E-state index contributed by atoms with van der Waals surface area (Å²) in [5.74, 6) is -2.43. The molecule has 1 rings (SSSR count). The predicted octanol–water partition coefficient (Wildman–Crippen LogP) is 0.796. The first-order valence-corrected chi connectivity index (χ1v) is 5.42. The SMILES string of the molecule is COC(=O)C(=O)Cc1cc(OC)c([N+](=O)[O-])cc1[N+](=O)[O-]. The van der Waals surface area contributed by atoms with Crippen molar-refractivity contribution in [3.63, 3.8) is 0 Å². The third kappa shape index (κ3) is 3.49. The molecular formula is C11H10N2O8. The van der Waals surface area contributed by atoms with Gasteiger partial charge in [-0.25, -0.2) is 4.79 Å². The van der Waals surface area contributed by atoms with E-state index in [0.29, 0.717) is 6.07 Å². The third-order valence-electron chi connectivity index (χ3n) is 2.54. The first-order valence-electron chi connectivity index (χ1n) is 5.42. The number of nitrogens with zero attached hydrogens (tertiary/aromatic N) is 2. The van der Waals surface area contributed by atoms with Gasteiger partial charge in [0.15, 0.2) is 5.75 Å². The van der Waals surface area contributed by atoms with Crippen LogP contribution in [0.25, 0.3) is 0 Å². The van der Waals surface area contributed by atoms with Crippen LogP contribution in [0.3, 0.4) is 0 Å². The predicted molar refractivity (Wildman–Crippen MR) is 67.0 cm³/mol. The van der Waals surface area contributed by atoms with Crippen molar-refractivity contribution < 1.29 is 28.9 Å². The molecule has 0 aliphatic rings. The van der Waals surface area contributed by atoms with E-state index in [1.54, 1.807) is 0 Å². The van der Waals surface area contributed by atoms with E-state index in [4.69, 9.17) is 4.74 Å². The summed E-state index contributed by atoms with van der Waals surface area (Å²) in [4.78, 5) is 42.5. The molecule has 0 aliphatic heterocycles. The van der Waals surface area contributed by atoms with Crippen molar-refractivity contribution in [2.45, 2.75) is 6.42 Å². The molecule has 10 heteroatoms. The van der Waals surface area contributed by atoms with Gasteiger partial charge in [0.05, 0.1) is 30.1 Å². The summed E-state index contributed by atoms with van der Waals surface area (Å²) >= 11 is 0. The number of nitro benzene ring substituents is 2. The molecular weight excluding hydrogens is 288 g/mol. The highest BCUT2D eigenvalue weighted by molar-refractivity contribution is 6.34. The molecule has 21 heavy (non-hydrogen) atoms. The highest BCUT2D eigenvalue weighted by Gasteiger charge is 2.27. The van der Waals surface area contributed by atoms with Gasteiger partial charge in [0.2, 0.25) is 5.78 Å². The van der Waals surface area contributed by atoms with E-state index < -0.39 is 39.4 Å². The minimum Gasteiger partial charge on any atom is -0.490 e. The summed E-state index contributed by atoms with van der Waals surface area (Å²) < 4.78 is 8.96. The first kappa shape index (κ1) is 16.0. The molecule has 0 aliphatic carbocycles. The molecule has 112 valence electrons. The molecule has 0 aromatic heterocycles. The Morgan fingerprint density at radius 3 is 2.10 bits per heavy atom. The number of ketones is 1. The van der Waals surface area contributed by atoms with E-state index in [-0.39, 0.29) is 11.3 Å². The normalized spacial score (nSPS) is 9.81. The summed E-state index contributed by atoms with van der Waals surface area (Å²) in [6, 6.07) is 1.66. The number of hydrogen-bond acceptors (Lipinski definition) is 8. The van der Waals surface area contributed by atoms with E-state index in [2.05, 4.69) is 4.74 Å². The maximum atomic E-state index is 11.5. The highest BCUT2D eigenvalue weighted by Crippen LogP contribution is 2.34. The number of carbonyl (C=O) groups excluding carboxylic acids is 2. The summed E-state index contributed by atoms with van der Waals surface area (Å²) in [5, 5.41) is 21.7. The Balaban J connectivity index is 3.36. The fourth-order valence-corrected chi connectivity index (χ4v) is 1.58. The van der Waals surface area contributed by atoms with Crippen LogP contribution in [0.5, 0.6) is 5.75 Å². The fraction of sp³-hybridized carbons (Fsp3) is 0.273. The van der Waals surface area contributed by atoms with Crippen LogP contribution in [0.4, 0.5) is 11.4 Å². The zero-order valence-corrected chi connectivity index (χ0v) is 11.0. The van der Waals surface area contributed by atoms with Crippen LogP contribution >= 0.6 is 0 Å². The number of ether oxygens (including phenoxy) is 2. The van der Waals surface area contributed by atoms with Crippen molar-refractivity contribution in [2.75, 3.05) is 14.2 Å². The Morgan fingerprint density at radius 1 is 1.10 bits per heavy atom. The van der Waals surface area contributed by atoms with E-state index >= 15 is 0 Å². The number of benzene rings is 1. The lowest BCUT2D eigenvalue weighted by Crippen LogP contribution is -2.18. The van der Waals surface area contributed by atoms with Gasteiger partial charge in [0.1, 0.15) is 0 Å². The molecule has 0 spiro atoms. The minimum absolute atomic E-state index is 0.183. The van der Waals surface area contributed by atoms with Crippen LogP contribution in [-0.4, -0.2) is 35.8 Å². The van der Waals surface area contributed by atoms with Crippen molar-refractivity contribution in [1.82, 2.24) is 0 Å². The summed E-state index contributed by atoms with van der Waals surface area (Å²) in [6.07, 6.45) is -0.628. The lowest BCUT2D eigenvalue weighted by Gasteiger charge is -2.06. The number of hydrogen-bond donors (Lipinski definition) is 0. The molecule has 0 fully saturated rings. The molecule has 1 aromatic rings. The van der Waals surface area contributed by atoms with Crippen LogP contribution in [-0.2, 0) is 20.7 Å².